The Hall–Kier alpha value is -3.90. The zero-order valence-electron chi connectivity index (χ0n) is 19.2. The molecular weight excluding hydrogens is 456 g/mol. The first-order chi connectivity index (χ1) is 16.1. The zero-order chi connectivity index (χ0) is 25.1. The second-order valence-electron chi connectivity index (χ2n) is 7.36. The average molecular weight is 483 g/mol. The number of para-hydroxylation sites is 1. The molecule has 0 saturated carbocycles. The fraction of sp³-hybridized carbons (Fsp3) is 0.240. The lowest BCUT2D eigenvalue weighted by atomic mass is 10.0. The number of ether oxygens (including phenoxy) is 1. The molecule has 0 aliphatic heterocycles. The molecule has 0 radical (unpaired) electrons. The van der Waals surface area contributed by atoms with Gasteiger partial charge in [-0.05, 0) is 60.4 Å². The highest BCUT2D eigenvalue weighted by atomic mass is 32.2. The number of nitriles is 1. The highest BCUT2D eigenvalue weighted by Gasteiger charge is 2.16. The van der Waals surface area contributed by atoms with Gasteiger partial charge in [-0.2, -0.15) is 13.7 Å². The number of rotatable bonds is 10. The molecule has 0 aromatic heterocycles. The van der Waals surface area contributed by atoms with E-state index < -0.39 is 16.1 Å². The molecule has 34 heavy (non-hydrogen) atoms. The number of aryl methyl sites for hydroxylation is 1. The van der Waals surface area contributed by atoms with E-state index in [0.29, 0.717) is 16.7 Å². The molecule has 0 saturated heterocycles. The molecule has 0 heterocycles. The minimum absolute atomic E-state index is 0.0260. The van der Waals surface area contributed by atoms with Gasteiger partial charge in [0.15, 0.2) is 5.75 Å². The number of benzene rings is 2. The molecule has 2 rings (SSSR count). The molecule has 0 unspecified atom stereocenters. The van der Waals surface area contributed by atoms with Crippen molar-refractivity contribution in [1.29, 1.82) is 5.26 Å². The fourth-order valence-corrected chi connectivity index (χ4v) is 3.79. The van der Waals surface area contributed by atoms with Gasteiger partial charge >= 0.3 is 16.1 Å². The smallest absolute Gasteiger partial charge is 0.330 e. The number of carbonyl (C=O) groups is 2. The number of amides is 1. The highest BCUT2D eigenvalue weighted by Crippen LogP contribution is 2.20. The summed E-state index contributed by atoms with van der Waals surface area (Å²) in [5.41, 5.74) is 2.07. The molecule has 0 atom stereocenters. The van der Waals surface area contributed by atoms with Crippen LogP contribution in [0.3, 0.4) is 0 Å². The summed E-state index contributed by atoms with van der Waals surface area (Å²) in [6.45, 7) is 1.95. The van der Waals surface area contributed by atoms with Crippen LogP contribution in [0.5, 0.6) is 5.75 Å². The van der Waals surface area contributed by atoms with E-state index >= 15 is 0 Å². The number of nitrogens with zero attached hydrogens (tertiary/aromatic N) is 2. The Morgan fingerprint density at radius 1 is 1.06 bits per heavy atom. The van der Waals surface area contributed by atoms with Crippen LogP contribution in [0.25, 0.3) is 12.2 Å². The molecule has 8 nitrogen and oxygen atoms in total. The van der Waals surface area contributed by atoms with Gasteiger partial charge in [-0.3, -0.25) is 4.79 Å². The molecule has 0 aliphatic carbocycles. The van der Waals surface area contributed by atoms with Gasteiger partial charge in [0, 0.05) is 26.2 Å². The summed E-state index contributed by atoms with van der Waals surface area (Å²) in [6, 6.07) is 13.2. The number of hydrogen-bond acceptors (Lipinski definition) is 7. The summed E-state index contributed by atoms with van der Waals surface area (Å²) in [4.78, 5) is 25.0. The summed E-state index contributed by atoms with van der Waals surface area (Å²) in [5, 5.41) is 9.13. The van der Waals surface area contributed by atoms with E-state index in [4.69, 9.17) is 14.2 Å². The van der Waals surface area contributed by atoms with Gasteiger partial charge < -0.3 is 13.8 Å². The van der Waals surface area contributed by atoms with Crippen LogP contribution in [-0.2, 0) is 30.9 Å². The highest BCUT2D eigenvalue weighted by molar-refractivity contribution is 7.87. The molecule has 0 bridgehead atoms. The minimum atomic E-state index is -3.98. The summed E-state index contributed by atoms with van der Waals surface area (Å²) >= 11 is 0. The van der Waals surface area contributed by atoms with Crippen molar-refractivity contribution in [3.05, 3.63) is 76.9 Å². The van der Waals surface area contributed by atoms with Crippen molar-refractivity contribution < 1.29 is 26.9 Å². The van der Waals surface area contributed by atoms with Gasteiger partial charge in [-0.1, -0.05) is 24.3 Å². The summed E-state index contributed by atoms with van der Waals surface area (Å²) in [6.07, 6.45) is 5.96. The van der Waals surface area contributed by atoms with Crippen LogP contribution in [0.15, 0.2) is 54.6 Å². The molecule has 0 spiro atoms. The Morgan fingerprint density at radius 3 is 2.32 bits per heavy atom. The molecule has 0 N–H and O–H groups in total. The van der Waals surface area contributed by atoms with Crippen LogP contribution in [0.2, 0.25) is 0 Å². The lowest BCUT2D eigenvalue weighted by molar-refractivity contribution is -0.137. The monoisotopic (exact) mass is 482 g/mol. The second kappa shape index (κ2) is 12.4. The zero-order valence-corrected chi connectivity index (χ0v) is 20.0. The Bertz CT molecular complexity index is 1240. The summed E-state index contributed by atoms with van der Waals surface area (Å²) in [5.74, 6) is -1.07. The fourth-order valence-electron chi connectivity index (χ4n) is 2.81. The molecular formula is C25H26N2O6S. The van der Waals surface area contributed by atoms with Crippen molar-refractivity contribution in [1.82, 2.24) is 4.90 Å². The van der Waals surface area contributed by atoms with Gasteiger partial charge in [0.2, 0.25) is 5.91 Å². The predicted octanol–water partition coefficient (Wildman–Crippen LogP) is 3.19. The molecule has 9 heteroatoms. The minimum Gasteiger partial charge on any atom is -0.463 e. The third kappa shape index (κ3) is 8.56. The van der Waals surface area contributed by atoms with Crippen molar-refractivity contribution in [2.24, 2.45) is 0 Å². The number of carbonyl (C=O) groups excluding carboxylic acids is 2. The van der Waals surface area contributed by atoms with Crippen LogP contribution in [0.1, 0.15) is 29.2 Å². The van der Waals surface area contributed by atoms with E-state index in [9.17, 15) is 18.0 Å². The Kier molecular flexibility index (Phi) is 9.59. The predicted molar refractivity (Wildman–Crippen MR) is 129 cm³/mol. The molecule has 2 aromatic carbocycles. The first-order valence-corrected chi connectivity index (χ1v) is 12.0. The topological polar surface area (TPSA) is 114 Å². The van der Waals surface area contributed by atoms with Crippen LogP contribution in [0, 0.1) is 11.3 Å². The number of esters is 1. The first kappa shape index (κ1) is 26.4. The van der Waals surface area contributed by atoms with Crippen LogP contribution in [-0.4, -0.2) is 51.6 Å². The van der Waals surface area contributed by atoms with Crippen molar-refractivity contribution in [2.45, 2.75) is 13.3 Å². The van der Waals surface area contributed by atoms with E-state index in [2.05, 4.69) is 0 Å². The van der Waals surface area contributed by atoms with Crippen LogP contribution >= 0.6 is 0 Å². The SMILES string of the molecule is CCOC(=O)/C=C/c1cc(/C=C/C(=O)N(C)C)cc(CCS(=O)(=O)Oc2ccccc2C#N)c1. The van der Waals surface area contributed by atoms with E-state index in [1.165, 1.54) is 29.2 Å². The third-order valence-electron chi connectivity index (χ3n) is 4.46. The van der Waals surface area contributed by atoms with Crippen molar-refractivity contribution in [3.63, 3.8) is 0 Å². The maximum atomic E-state index is 12.5. The standard InChI is InChI=1S/C25H26N2O6S/c1-4-32-25(29)12-10-20-15-19(9-11-24(28)27(2)3)16-21(17-20)13-14-34(30,31)33-23-8-6-5-7-22(23)18-26/h5-12,15-17H,4,13-14H2,1-3H3/b11-9+,12-10+. The van der Waals surface area contributed by atoms with E-state index in [0.717, 1.165) is 0 Å². The summed E-state index contributed by atoms with van der Waals surface area (Å²) < 4.78 is 35.1. The third-order valence-corrected chi connectivity index (χ3v) is 5.60. The van der Waals surface area contributed by atoms with Crippen LogP contribution in [0.4, 0.5) is 0 Å². The Labute approximate surface area is 199 Å². The second-order valence-corrected chi connectivity index (χ2v) is 9.05. The molecule has 0 fully saturated rings. The van der Waals surface area contributed by atoms with E-state index in [1.54, 1.807) is 63.5 Å². The molecule has 178 valence electrons. The normalized spacial score (nSPS) is 11.4. The maximum Gasteiger partial charge on any atom is 0.330 e. The van der Waals surface area contributed by atoms with Crippen molar-refractivity contribution in [3.8, 4) is 11.8 Å². The van der Waals surface area contributed by atoms with E-state index in [-0.39, 0.29) is 36.0 Å². The van der Waals surface area contributed by atoms with Gasteiger partial charge in [-0.25, -0.2) is 4.79 Å². The van der Waals surface area contributed by atoms with Crippen molar-refractivity contribution in [2.75, 3.05) is 26.5 Å². The van der Waals surface area contributed by atoms with Crippen molar-refractivity contribution >= 4 is 34.1 Å². The summed E-state index contributed by atoms with van der Waals surface area (Å²) in [7, 11) is -0.721. The van der Waals surface area contributed by atoms with Crippen LogP contribution < -0.4 is 4.18 Å². The Morgan fingerprint density at radius 2 is 1.71 bits per heavy atom. The van der Waals surface area contributed by atoms with Gasteiger partial charge in [0.1, 0.15) is 6.07 Å². The van der Waals surface area contributed by atoms with E-state index in [1.807, 2.05) is 6.07 Å². The number of hydrogen-bond donors (Lipinski definition) is 0. The largest absolute Gasteiger partial charge is 0.463 e. The molecule has 0 aliphatic rings. The maximum absolute atomic E-state index is 12.5. The lowest BCUT2D eigenvalue weighted by Crippen LogP contribution is -2.18. The molecule has 2 aromatic rings. The lowest BCUT2D eigenvalue weighted by Gasteiger charge is -2.10. The van der Waals surface area contributed by atoms with Gasteiger partial charge in [-0.15, -0.1) is 0 Å². The Balaban J connectivity index is 2.26. The quantitative estimate of drug-likeness (QED) is 0.290. The van der Waals surface area contributed by atoms with Gasteiger partial charge in [0.25, 0.3) is 0 Å². The average Bonchev–Trinajstić information content (AvgIpc) is 2.80. The van der Waals surface area contributed by atoms with Gasteiger partial charge in [0.05, 0.1) is 17.9 Å². The number of likely N-dealkylation sites (N-methyl/N-ethyl adjacent to an activating group) is 1. The molecule has 1 amide bonds. The first-order valence-electron chi connectivity index (χ1n) is 10.4.